The number of aryl methyl sites for hydroxylation is 1. The first kappa shape index (κ1) is 15.1. The third-order valence-corrected chi connectivity index (χ3v) is 4.69. The molecular weight excluding hydrogens is 302 g/mol. The Hall–Kier alpha value is 0.0600. The Morgan fingerprint density at radius 2 is 2.29 bits per heavy atom. The predicted molar refractivity (Wildman–Crippen MR) is 75.6 cm³/mol. The number of halogens is 1. The standard InChI is InChI=1S/C12H20BrNO2S/c1-9-11(13)6-10(17-9)7-14-8-12(2,15)4-5-16-3/h6,14-15H,4-5,7-8H2,1-3H3. The molecule has 1 rings (SSSR count). The number of hydrogen-bond donors (Lipinski definition) is 2. The van der Waals surface area contributed by atoms with Gasteiger partial charge in [-0.1, -0.05) is 0 Å². The van der Waals surface area contributed by atoms with Gasteiger partial charge in [0, 0.05) is 47.5 Å². The van der Waals surface area contributed by atoms with Gasteiger partial charge in [0.15, 0.2) is 0 Å². The molecule has 0 bridgehead atoms. The van der Waals surface area contributed by atoms with Gasteiger partial charge in [-0.2, -0.15) is 0 Å². The monoisotopic (exact) mass is 321 g/mol. The van der Waals surface area contributed by atoms with Crippen molar-refractivity contribution in [3.63, 3.8) is 0 Å². The van der Waals surface area contributed by atoms with E-state index in [0.29, 0.717) is 19.6 Å². The minimum atomic E-state index is -0.709. The highest BCUT2D eigenvalue weighted by molar-refractivity contribution is 9.10. The SMILES string of the molecule is COCCC(C)(O)CNCc1cc(Br)c(C)s1. The van der Waals surface area contributed by atoms with Gasteiger partial charge in [0.05, 0.1) is 5.60 Å². The molecule has 1 heterocycles. The number of ether oxygens (including phenoxy) is 1. The van der Waals surface area contributed by atoms with E-state index in [9.17, 15) is 5.11 Å². The largest absolute Gasteiger partial charge is 0.389 e. The smallest absolute Gasteiger partial charge is 0.0765 e. The van der Waals surface area contributed by atoms with Gasteiger partial charge in [-0.3, -0.25) is 0 Å². The van der Waals surface area contributed by atoms with E-state index in [2.05, 4.69) is 34.2 Å². The Kier molecular flexibility index (Phi) is 6.09. The van der Waals surface area contributed by atoms with Crippen molar-refractivity contribution >= 4 is 27.3 Å². The first-order valence-corrected chi connectivity index (χ1v) is 7.22. The van der Waals surface area contributed by atoms with Crippen LogP contribution in [0.5, 0.6) is 0 Å². The summed E-state index contributed by atoms with van der Waals surface area (Å²) in [6.45, 7) is 5.87. The molecule has 0 radical (unpaired) electrons. The molecule has 1 aromatic rings. The van der Waals surface area contributed by atoms with E-state index in [1.54, 1.807) is 18.4 Å². The Labute approximate surface area is 115 Å². The van der Waals surface area contributed by atoms with E-state index in [4.69, 9.17) is 4.74 Å². The van der Waals surface area contributed by atoms with Gasteiger partial charge in [-0.15, -0.1) is 11.3 Å². The third kappa shape index (κ3) is 5.48. The van der Waals surface area contributed by atoms with E-state index in [-0.39, 0.29) is 0 Å². The molecule has 0 saturated heterocycles. The van der Waals surface area contributed by atoms with Gasteiger partial charge >= 0.3 is 0 Å². The van der Waals surface area contributed by atoms with Crippen LogP contribution in [0.3, 0.4) is 0 Å². The molecular formula is C12H20BrNO2S. The number of hydrogen-bond acceptors (Lipinski definition) is 4. The maximum atomic E-state index is 10.0. The summed E-state index contributed by atoms with van der Waals surface area (Å²) in [5, 5.41) is 13.3. The molecule has 0 aromatic carbocycles. The highest BCUT2D eigenvalue weighted by Crippen LogP contribution is 2.26. The van der Waals surface area contributed by atoms with Crippen LogP contribution < -0.4 is 5.32 Å². The van der Waals surface area contributed by atoms with E-state index < -0.39 is 5.60 Å². The lowest BCUT2D eigenvalue weighted by atomic mass is 10.0. The molecule has 1 unspecified atom stereocenters. The Bertz CT molecular complexity index is 333. The van der Waals surface area contributed by atoms with Crippen molar-refractivity contribution in [2.75, 3.05) is 20.3 Å². The Balaban J connectivity index is 2.31. The van der Waals surface area contributed by atoms with Crippen LogP contribution in [0.1, 0.15) is 23.1 Å². The fourth-order valence-electron chi connectivity index (χ4n) is 1.47. The molecule has 0 fully saturated rings. The molecule has 1 atom stereocenters. The maximum absolute atomic E-state index is 10.0. The average molecular weight is 322 g/mol. The summed E-state index contributed by atoms with van der Waals surface area (Å²) in [7, 11) is 1.65. The summed E-state index contributed by atoms with van der Waals surface area (Å²) >= 11 is 5.27. The highest BCUT2D eigenvalue weighted by Gasteiger charge is 2.19. The van der Waals surface area contributed by atoms with E-state index in [0.717, 1.165) is 11.0 Å². The van der Waals surface area contributed by atoms with E-state index >= 15 is 0 Å². The number of rotatable bonds is 7. The van der Waals surface area contributed by atoms with Crippen LogP contribution in [0.4, 0.5) is 0 Å². The first-order valence-electron chi connectivity index (χ1n) is 5.61. The molecule has 2 N–H and O–H groups in total. The summed E-state index contributed by atoms with van der Waals surface area (Å²) in [4.78, 5) is 2.56. The second-order valence-electron chi connectivity index (χ2n) is 4.46. The fourth-order valence-corrected chi connectivity index (χ4v) is 3.04. The molecule has 5 heteroatoms. The van der Waals surface area contributed by atoms with Crippen molar-refractivity contribution in [1.82, 2.24) is 5.32 Å². The zero-order valence-electron chi connectivity index (χ0n) is 10.5. The van der Waals surface area contributed by atoms with Gasteiger partial charge in [-0.05, 0) is 35.8 Å². The Morgan fingerprint density at radius 1 is 1.59 bits per heavy atom. The van der Waals surface area contributed by atoms with Crippen LogP contribution in [0.2, 0.25) is 0 Å². The molecule has 0 aliphatic rings. The minimum absolute atomic E-state index is 0.574. The molecule has 3 nitrogen and oxygen atoms in total. The fraction of sp³-hybridized carbons (Fsp3) is 0.667. The van der Waals surface area contributed by atoms with Crippen LogP contribution in [0.25, 0.3) is 0 Å². The summed E-state index contributed by atoms with van der Waals surface area (Å²) in [6, 6.07) is 2.12. The lowest BCUT2D eigenvalue weighted by Gasteiger charge is -2.23. The minimum Gasteiger partial charge on any atom is -0.389 e. The molecule has 98 valence electrons. The molecule has 1 aromatic heterocycles. The van der Waals surface area contributed by atoms with Crippen molar-refractivity contribution in [3.05, 3.63) is 20.3 Å². The van der Waals surface area contributed by atoms with Crippen molar-refractivity contribution in [1.29, 1.82) is 0 Å². The van der Waals surface area contributed by atoms with Gasteiger partial charge < -0.3 is 15.2 Å². The second-order valence-corrected chi connectivity index (χ2v) is 6.66. The third-order valence-electron chi connectivity index (χ3n) is 2.56. The van der Waals surface area contributed by atoms with Crippen molar-refractivity contribution in [2.45, 2.75) is 32.4 Å². The number of methoxy groups -OCH3 is 1. The Morgan fingerprint density at radius 3 is 2.82 bits per heavy atom. The number of thiophene rings is 1. The quantitative estimate of drug-likeness (QED) is 0.811. The van der Waals surface area contributed by atoms with Crippen molar-refractivity contribution in [2.24, 2.45) is 0 Å². The van der Waals surface area contributed by atoms with Gasteiger partial charge in [0.2, 0.25) is 0 Å². The summed E-state index contributed by atoms with van der Waals surface area (Å²) in [5.74, 6) is 0. The molecule has 0 saturated carbocycles. The molecule has 17 heavy (non-hydrogen) atoms. The second kappa shape index (κ2) is 6.85. The van der Waals surface area contributed by atoms with Crippen molar-refractivity contribution in [3.8, 4) is 0 Å². The molecule has 0 aliphatic carbocycles. The predicted octanol–water partition coefficient (Wildman–Crippen LogP) is 2.70. The maximum Gasteiger partial charge on any atom is 0.0765 e. The van der Waals surface area contributed by atoms with Crippen LogP contribution in [0, 0.1) is 6.92 Å². The normalized spacial score (nSPS) is 14.9. The van der Waals surface area contributed by atoms with Crippen LogP contribution >= 0.6 is 27.3 Å². The van der Waals surface area contributed by atoms with Gasteiger partial charge in [-0.25, -0.2) is 0 Å². The summed E-state index contributed by atoms with van der Waals surface area (Å²) < 4.78 is 6.13. The van der Waals surface area contributed by atoms with Crippen LogP contribution in [0.15, 0.2) is 10.5 Å². The lowest BCUT2D eigenvalue weighted by Crippen LogP contribution is -2.38. The molecule has 0 amide bonds. The molecule has 0 spiro atoms. The van der Waals surface area contributed by atoms with E-state index in [1.165, 1.54) is 9.75 Å². The zero-order valence-corrected chi connectivity index (χ0v) is 12.9. The highest BCUT2D eigenvalue weighted by atomic mass is 79.9. The van der Waals surface area contributed by atoms with E-state index in [1.807, 2.05) is 6.92 Å². The summed E-state index contributed by atoms with van der Waals surface area (Å²) in [5.41, 5.74) is -0.709. The summed E-state index contributed by atoms with van der Waals surface area (Å²) in [6.07, 6.45) is 0.643. The zero-order chi connectivity index (χ0) is 12.9. The van der Waals surface area contributed by atoms with Crippen LogP contribution in [-0.2, 0) is 11.3 Å². The lowest BCUT2D eigenvalue weighted by molar-refractivity contribution is 0.0248. The average Bonchev–Trinajstić information content (AvgIpc) is 2.55. The number of aliphatic hydroxyl groups is 1. The topological polar surface area (TPSA) is 41.5 Å². The van der Waals surface area contributed by atoms with Crippen molar-refractivity contribution < 1.29 is 9.84 Å². The first-order chi connectivity index (χ1) is 7.94. The molecule has 0 aliphatic heterocycles. The number of nitrogens with one attached hydrogen (secondary N) is 1. The van der Waals surface area contributed by atoms with Gasteiger partial charge in [0.25, 0.3) is 0 Å². The van der Waals surface area contributed by atoms with Gasteiger partial charge in [0.1, 0.15) is 0 Å². The van der Waals surface area contributed by atoms with Crippen LogP contribution in [-0.4, -0.2) is 31.0 Å².